The van der Waals surface area contributed by atoms with Crippen molar-refractivity contribution in [3.05, 3.63) is 12.5 Å². The van der Waals surface area contributed by atoms with Crippen LogP contribution in [0.5, 0.6) is 0 Å². The summed E-state index contributed by atoms with van der Waals surface area (Å²) in [7, 11) is 0. The Morgan fingerprint density at radius 2 is 1.50 bits per heavy atom. The summed E-state index contributed by atoms with van der Waals surface area (Å²) in [6.07, 6.45) is 2.21. The molecular weight excluding hydrogens is 136 g/mol. The first-order valence-corrected chi connectivity index (χ1v) is 3.16. The van der Waals surface area contributed by atoms with Gasteiger partial charge in [0.2, 0.25) is 6.29 Å². The molecule has 56 valence electrons. The van der Waals surface area contributed by atoms with Crippen LogP contribution in [0.2, 0.25) is 0 Å². The largest absolute Gasteiger partial charge is 0.454 e. The van der Waals surface area contributed by atoms with Gasteiger partial charge >= 0.3 is 0 Å². The van der Waals surface area contributed by atoms with Gasteiger partial charge < -0.3 is 18.9 Å². The third kappa shape index (κ3) is 0.955. The first kappa shape index (κ1) is 6.00. The fraction of sp³-hybridized carbons (Fsp3) is 0.667. The highest BCUT2D eigenvalue weighted by Crippen LogP contribution is 2.16. The molecule has 0 aromatic rings. The van der Waals surface area contributed by atoms with E-state index < -0.39 is 6.29 Å². The molecule has 1 saturated heterocycles. The van der Waals surface area contributed by atoms with Crippen molar-refractivity contribution in [3.63, 3.8) is 0 Å². The summed E-state index contributed by atoms with van der Waals surface area (Å²) in [4.78, 5) is 0. The van der Waals surface area contributed by atoms with Crippen LogP contribution in [0.15, 0.2) is 12.5 Å². The minimum absolute atomic E-state index is 0.352. The van der Waals surface area contributed by atoms with E-state index in [0.717, 1.165) is 0 Å². The molecule has 0 aliphatic carbocycles. The normalized spacial score (nSPS) is 26.8. The Balaban J connectivity index is 1.87. The minimum atomic E-state index is -0.400. The van der Waals surface area contributed by atoms with Gasteiger partial charge in [0, 0.05) is 0 Å². The fourth-order valence-corrected chi connectivity index (χ4v) is 0.913. The van der Waals surface area contributed by atoms with E-state index in [2.05, 4.69) is 0 Å². The molecule has 1 fully saturated rings. The van der Waals surface area contributed by atoms with Crippen molar-refractivity contribution in [2.24, 2.45) is 0 Å². The summed E-state index contributed by atoms with van der Waals surface area (Å²) in [6.45, 7) is 1.24. The van der Waals surface area contributed by atoms with Gasteiger partial charge in [-0.2, -0.15) is 0 Å². The van der Waals surface area contributed by atoms with Crippen LogP contribution < -0.4 is 0 Å². The maximum Gasteiger partial charge on any atom is 0.290 e. The van der Waals surface area contributed by atoms with Gasteiger partial charge in [-0.25, -0.2) is 0 Å². The maximum atomic E-state index is 5.12. The van der Waals surface area contributed by atoms with Crippen molar-refractivity contribution in [2.45, 2.75) is 12.6 Å². The van der Waals surface area contributed by atoms with Gasteiger partial charge in [0.05, 0.1) is 13.2 Å². The zero-order valence-corrected chi connectivity index (χ0v) is 5.36. The van der Waals surface area contributed by atoms with E-state index in [4.69, 9.17) is 18.9 Å². The average Bonchev–Trinajstić information content (AvgIpc) is 2.59. The Hall–Kier alpha value is -0.740. The first-order chi connectivity index (χ1) is 4.97. The Morgan fingerprint density at radius 1 is 0.900 bits per heavy atom. The maximum absolute atomic E-state index is 5.12. The first-order valence-electron chi connectivity index (χ1n) is 3.16. The molecule has 0 unspecified atom stereocenters. The van der Waals surface area contributed by atoms with E-state index in [9.17, 15) is 0 Å². The van der Waals surface area contributed by atoms with Crippen LogP contribution in [0.1, 0.15) is 0 Å². The van der Waals surface area contributed by atoms with E-state index in [1.54, 1.807) is 0 Å². The Kier molecular flexibility index (Phi) is 1.49. The van der Waals surface area contributed by atoms with Gasteiger partial charge in [0.1, 0.15) is 12.5 Å². The zero-order chi connectivity index (χ0) is 6.81. The van der Waals surface area contributed by atoms with Crippen molar-refractivity contribution in [3.8, 4) is 0 Å². The number of ether oxygens (including phenoxy) is 4. The van der Waals surface area contributed by atoms with Crippen LogP contribution in [0.4, 0.5) is 0 Å². The van der Waals surface area contributed by atoms with E-state index in [1.807, 2.05) is 0 Å². The van der Waals surface area contributed by atoms with E-state index >= 15 is 0 Å². The molecule has 0 atom stereocenters. The quantitative estimate of drug-likeness (QED) is 0.527. The molecule has 0 amide bonds. The molecular formula is C6H8O4. The molecule has 0 saturated carbocycles. The third-order valence-corrected chi connectivity index (χ3v) is 1.35. The van der Waals surface area contributed by atoms with Crippen molar-refractivity contribution >= 4 is 0 Å². The van der Waals surface area contributed by atoms with E-state index in [1.165, 1.54) is 12.5 Å². The summed E-state index contributed by atoms with van der Waals surface area (Å²) in [5.74, 6) is 0. The lowest BCUT2D eigenvalue weighted by molar-refractivity contribution is -0.193. The molecule has 2 aliphatic rings. The molecule has 0 aromatic carbocycles. The summed E-state index contributed by atoms with van der Waals surface area (Å²) >= 11 is 0. The molecule has 0 N–H and O–H groups in total. The lowest BCUT2D eigenvalue weighted by Crippen LogP contribution is -2.27. The van der Waals surface area contributed by atoms with Gasteiger partial charge in [-0.3, -0.25) is 0 Å². The van der Waals surface area contributed by atoms with Crippen molar-refractivity contribution in [2.75, 3.05) is 13.2 Å². The minimum Gasteiger partial charge on any atom is -0.454 e. The number of hydrogen-bond acceptors (Lipinski definition) is 4. The summed E-state index contributed by atoms with van der Waals surface area (Å²) < 4.78 is 20.2. The van der Waals surface area contributed by atoms with Crippen molar-refractivity contribution in [1.82, 2.24) is 0 Å². The monoisotopic (exact) mass is 144 g/mol. The van der Waals surface area contributed by atoms with Gasteiger partial charge in [0.15, 0.2) is 0 Å². The predicted octanol–water partition coefficient (Wildman–Crippen LogP) is 0.203. The van der Waals surface area contributed by atoms with Crippen LogP contribution in [-0.2, 0) is 18.9 Å². The van der Waals surface area contributed by atoms with Crippen LogP contribution in [-0.4, -0.2) is 25.8 Å². The van der Waals surface area contributed by atoms with Crippen LogP contribution in [0.25, 0.3) is 0 Å². The van der Waals surface area contributed by atoms with Crippen LogP contribution >= 0.6 is 0 Å². The molecule has 4 heteroatoms. The summed E-state index contributed by atoms with van der Waals surface area (Å²) in [6, 6.07) is 0. The predicted molar refractivity (Wildman–Crippen MR) is 30.8 cm³/mol. The average molecular weight is 144 g/mol. The van der Waals surface area contributed by atoms with Gasteiger partial charge in [-0.1, -0.05) is 0 Å². The smallest absolute Gasteiger partial charge is 0.290 e. The standard InChI is InChI=1S/C6H8O4/c1-2-8-5(7-1)6-9-3-4-10-6/h1-2,5-6H,3-4H2. The van der Waals surface area contributed by atoms with Gasteiger partial charge in [-0.15, -0.1) is 0 Å². The number of rotatable bonds is 1. The van der Waals surface area contributed by atoms with E-state index in [0.29, 0.717) is 13.2 Å². The molecule has 4 nitrogen and oxygen atoms in total. The van der Waals surface area contributed by atoms with Gasteiger partial charge in [-0.05, 0) is 0 Å². The molecule has 0 bridgehead atoms. The molecule has 10 heavy (non-hydrogen) atoms. The highest BCUT2D eigenvalue weighted by atomic mass is 16.8. The van der Waals surface area contributed by atoms with E-state index in [-0.39, 0.29) is 6.29 Å². The van der Waals surface area contributed by atoms with Crippen molar-refractivity contribution in [1.29, 1.82) is 0 Å². The Morgan fingerprint density at radius 3 is 2.10 bits per heavy atom. The molecule has 0 aromatic heterocycles. The SMILES string of the molecule is C1=COC(C2OCCO2)O1. The zero-order valence-electron chi connectivity index (χ0n) is 5.36. The highest BCUT2D eigenvalue weighted by molar-refractivity contribution is 4.73. The topological polar surface area (TPSA) is 36.9 Å². The lowest BCUT2D eigenvalue weighted by atomic mass is 10.6. The molecule has 0 spiro atoms. The Bertz CT molecular complexity index is 131. The second-order valence-corrected chi connectivity index (χ2v) is 2.02. The summed E-state index contributed by atoms with van der Waals surface area (Å²) in [5, 5.41) is 0. The highest BCUT2D eigenvalue weighted by Gasteiger charge is 2.30. The van der Waals surface area contributed by atoms with Gasteiger partial charge in [0.25, 0.3) is 6.29 Å². The summed E-state index contributed by atoms with van der Waals surface area (Å²) in [5.41, 5.74) is 0. The second-order valence-electron chi connectivity index (χ2n) is 2.02. The molecule has 2 rings (SSSR count). The van der Waals surface area contributed by atoms with Crippen molar-refractivity contribution < 1.29 is 18.9 Å². The number of hydrogen-bond donors (Lipinski definition) is 0. The van der Waals surface area contributed by atoms with Crippen LogP contribution in [0, 0.1) is 0 Å². The molecule has 2 aliphatic heterocycles. The lowest BCUT2D eigenvalue weighted by Gasteiger charge is -2.15. The third-order valence-electron chi connectivity index (χ3n) is 1.35. The van der Waals surface area contributed by atoms with Crippen LogP contribution in [0.3, 0.4) is 0 Å². The molecule has 2 heterocycles. The Labute approximate surface area is 58.3 Å². The molecule has 0 radical (unpaired) electrons. The fourth-order valence-electron chi connectivity index (χ4n) is 0.913. The second kappa shape index (κ2) is 2.48.